The van der Waals surface area contributed by atoms with E-state index in [1.807, 2.05) is 0 Å². The summed E-state index contributed by atoms with van der Waals surface area (Å²) in [6.07, 6.45) is 0. The molecule has 0 saturated carbocycles. The molecule has 90 valence electrons. The maximum Gasteiger partial charge on any atom is 0.331 e. The minimum atomic E-state index is -0.456. The Morgan fingerprint density at radius 1 is 1.17 bits per heavy atom. The predicted octanol–water partition coefficient (Wildman–Crippen LogP) is 2.04. The Labute approximate surface area is 101 Å². The number of aromatic nitrogens is 2. The van der Waals surface area contributed by atoms with Gasteiger partial charge in [-0.1, -0.05) is 12.1 Å². The number of hydrogen-bond donors (Lipinski definition) is 2. The van der Waals surface area contributed by atoms with Gasteiger partial charge in [0.15, 0.2) is 0 Å². The number of aromatic amines is 1. The van der Waals surface area contributed by atoms with Gasteiger partial charge in [0.1, 0.15) is 5.82 Å². The first-order chi connectivity index (χ1) is 8.66. The largest absolute Gasteiger partial charge is 0.399 e. The van der Waals surface area contributed by atoms with Crippen LogP contribution < -0.4 is 11.4 Å². The van der Waals surface area contributed by atoms with Gasteiger partial charge in [-0.05, 0) is 30.3 Å². The second-order valence-corrected chi connectivity index (χ2v) is 3.99. The lowest BCUT2D eigenvalue weighted by Gasteiger charge is -2.04. The number of anilines is 1. The number of nitrogens with zero attached hydrogens (tertiary/aromatic N) is 1. The Morgan fingerprint density at radius 2 is 1.94 bits per heavy atom. The quantitative estimate of drug-likeness (QED) is 0.642. The van der Waals surface area contributed by atoms with Gasteiger partial charge in [0.25, 0.3) is 0 Å². The Bertz CT molecular complexity index is 788. The zero-order chi connectivity index (χ0) is 12.7. The summed E-state index contributed by atoms with van der Waals surface area (Å²) in [6.45, 7) is 0. The van der Waals surface area contributed by atoms with Crippen LogP contribution in [-0.4, -0.2) is 9.55 Å². The molecule has 0 bridgehead atoms. The molecule has 18 heavy (non-hydrogen) atoms. The number of benzene rings is 2. The third kappa shape index (κ3) is 1.48. The number of nitrogens with two attached hydrogens (primary N) is 1. The summed E-state index contributed by atoms with van der Waals surface area (Å²) in [5.74, 6) is -0.456. The standard InChI is InChI=1S/C13H10FN3O/c14-9-3-1-2-4-11(9)17-12-7-8(15)5-6-10(12)16-13(17)18/h1-7H,15H2,(H,16,18). The fourth-order valence-electron chi connectivity index (χ4n) is 1.99. The SMILES string of the molecule is Nc1ccc2[nH]c(=O)n(-c3ccccc3F)c2c1. The zero-order valence-electron chi connectivity index (χ0n) is 9.35. The summed E-state index contributed by atoms with van der Waals surface area (Å²) < 4.78 is 15.0. The highest BCUT2D eigenvalue weighted by molar-refractivity contribution is 5.80. The Kier molecular flexibility index (Phi) is 2.19. The number of fused-ring (bicyclic) bond motifs is 1. The van der Waals surface area contributed by atoms with Crippen molar-refractivity contribution in [3.8, 4) is 5.69 Å². The smallest absolute Gasteiger partial charge is 0.331 e. The number of nitrogens with one attached hydrogen (secondary N) is 1. The molecular formula is C13H10FN3O. The average Bonchev–Trinajstić information content (AvgIpc) is 2.66. The van der Waals surface area contributed by atoms with E-state index in [2.05, 4.69) is 4.98 Å². The van der Waals surface area contributed by atoms with Crippen molar-refractivity contribution in [2.45, 2.75) is 0 Å². The predicted molar refractivity (Wildman–Crippen MR) is 68.3 cm³/mol. The molecule has 3 aromatic rings. The molecule has 2 aromatic carbocycles. The number of halogens is 1. The number of nitrogen functional groups attached to an aromatic ring is 1. The first-order valence-electron chi connectivity index (χ1n) is 5.42. The Hall–Kier alpha value is -2.56. The van der Waals surface area contributed by atoms with E-state index in [0.717, 1.165) is 0 Å². The summed E-state index contributed by atoms with van der Waals surface area (Å²) >= 11 is 0. The molecule has 3 N–H and O–H groups in total. The summed E-state index contributed by atoms with van der Waals surface area (Å²) in [4.78, 5) is 14.6. The maximum atomic E-state index is 13.8. The fraction of sp³-hybridized carbons (Fsp3) is 0. The molecule has 0 amide bonds. The van der Waals surface area contributed by atoms with Gasteiger partial charge in [0.2, 0.25) is 0 Å². The number of para-hydroxylation sites is 1. The molecule has 0 unspecified atom stereocenters. The van der Waals surface area contributed by atoms with Crippen LogP contribution in [0.4, 0.5) is 10.1 Å². The topological polar surface area (TPSA) is 63.8 Å². The third-order valence-corrected chi connectivity index (χ3v) is 2.80. The van der Waals surface area contributed by atoms with Crippen molar-refractivity contribution in [1.29, 1.82) is 0 Å². The van der Waals surface area contributed by atoms with Crippen LogP contribution >= 0.6 is 0 Å². The molecule has 3 rings (SSSR count). The molecule has 0 fully saturated rings. The third-order valence-electron chi connectivity index (χ3n) is 2.80. The van der Waals surface area contributed by atoms with Gasteiger partial charge in [0, 0.05) is 5.69 Å². The van der Waals surface area contributed by atoms with E-state index >= 15 is 0 Å². The van der Waals surface area contributed by atoms with E-state index < -0.39 is 5.82 Å². The van der Waals surface area contributed by atoms with Gasteiger partial charge in [0.05, 0.1) is 16.7 Å². The van der Waals surface area contributed by atoms with Crippen molar-refractivity contribution in [2.75, 3.05) is 5.73 Å². The van der Waals surface area contributed by atoms with Gasteiger partial charge in [-0.25, -0.2) is 9.18 Å². The van der Waals surface area contributed by atoms with Crippen LogP contribution in [0.15, 0.2) is 47.3 Å². The van der Waals surface area contributed by atoms with Crippen LogP contribution in [0.1, 0.15) is 0 Å². The number of hydrogen-bond acceptors (Lipinski definition) is 2. The van der Waals surface area contributed by atoms with Gasteiger partial charge in [-0.3, -0.25) is 4.57 Å². The summed E-state index contributed by atoms with van der Waals surface area (Å²) in [5.41, 5.74) is 7.22. The van der Waals surface area contributed by atoms with Crippen molar-refractivity contribution in [3.05, 3.63) is 58.8 Å². The Balaban J connectivity index is 2.42. The number of rotatable bonds is 1. The highest BCUT2D eigenvalue weighted by atomic mass is 19.1. The summed E-state index contributed by atoms with van der Waals surface area (Å²) in [6, 6.07) is 11.1. The van der Waals surface area contributed by atoms with Crippen LogP contribution in [0.2, 0.25) is 0 Å². The molecule has 0 spiro atoms. The van der Waals surface area contributed by atoms with Crippen LogP contribution in [-0.2, 0) is 0 Å². The van der Waals surface area contributed by atoms with Crippen molar-refractivity contribution in [1.82, 2.24) is 9.55 Å². The lowest BCUT2D eigenvalue weighted by atomic mass is 10.2. The van der Waals surface area contributed by atoms with Crippen LogP contribution in [0.5, 0.6) is 0 Å². The highest BCUT2D eigenvalue weighted by Crippen LogP contribution is 2.19. The van der Waals surface area contributed by atoms with E-state index in [0.29, 0.717) is 16.7 Å². The Morgan fingerprint density at radius 3 is 2.72 bits per heavy atom. The van der Waals surface area contributed by atoms with E-state index in [1.165, 1.54) is 10.6 Å². The van der Waals surface area contributed by atoms with Crippen LogP contribution in [0, 0.1) is 5.82 Å². The van der Waals surface area contributed by atoms with Crippen molar-refractivity contribution >= 4 is 16.7 Å². The minimum Gasteiger partial charge on any atom is -0.399 e. The monoisotopic (exact) mass is 243 g/mol. The van der Waals surface area contributed by atoms with Crippen molar-refractivity contribution in [3.63, 3.8) is 0 Å². The van der Waals surface area contributed by atoms with Gasteiger partial charge in [-0.15, -0.1) is 0 Å². The van der Waals surface area contributed by atoms with Crippen molar-refractivity contribution in [2.24, 2.45) is 0 Å². The average molecular weight is 243 g/mol. The van der Waals surface area contributed by atoms with E-state index in [-0.39, 0.29) is 11.4 Å². The minimum absolute atomic E-state index is 0.208. The van der Waals surface area contributed by atoms with Gasteiger partial charge < -0.3 is 10.7 Å². The summed E-state index contributed by atoms with van der Waals surface area (Å²) in [5, 5.41) is 0. The normalized spacial score (nSPS) is 10.9. The first-order valence-corrected chi connectivity index (χ1v) is 5.42. The molecule has 5 heteroatoms. The number of H-pyrrole nitrogens is 1. The second-order valence-electron chi connectivity index (χ2n) is 3.99. The van der Waals surface area contributed by atoms with E-state index in [1.54, 1.807) is 36.4 Å². The van der Waals surface area contributed by atoms with Crippen molar-refractivity contribution < 1.29 is 4.39 Å². The molecule has 0 aliphatic carbocycles. The molecule has 4 nitrogen and oxygen atoms in total. The van der Waals surface area contributed by atoms with Crippen LogP contribution in [0.3, 0.4) is 0 Å². The van der Waals surface area contributed by atoms with E-state index in [9.17, 15) is 9.18 Å². The lowest BCUT2D eigenvalue weighted by molar-refractivity contribution is 0.618. The molecule has 1 heterocycles. The molecule has 0 aliphatic rings. The highest BCUT2D eigenvalue weighted by Gasteiger charge is 2.11. The molecule has 1 aromatic heterocycles. The molecule has 0 aliphatic heterocycles. The molecule has 0 saturated heterocycles. The molecule has 0 atom stereocenters. The van der Waals surface area contributed by atoms with Crippen LogP contribution in [0.25, 0.3) is 16.7 Å². The first kappa shape index (κ1) is 10.6. The molecule has 0 radical (unpaired) electrons. The second kappa shape index (κ2) is 3.73. The fourth-order valence-corrected chi connectivity index (χ4v) is 1.99. The lowest BCUT2D eigenvalue weighted by Crippen LogP contribution is -2.15. The summed E-state index contributed by atoms with van der Waals surface area (Å²) in [7, 11) is 0. The van der Waals surface area contributed by atoms with E-state index in [4.69, 9.17) is 5.73 Å². The van der Waals surface area contributed by atoms with Gasteiger partial charge >= 0.3 is 5.69 Å². The maximum absolute atomic E-state index is 13.8. The van der Waals surface area contributed by atoms with Gasteiger partial charge in [-0.2, -0.15) is 0 Å². The molecular weight excluding hydrogens is 233 g/mol. The zero-order valence-corrected chi connectivity index (χ0v) is 9.35. The number of imidazole rings is 1.